The molecule has 0 aliphatic heterocycles. The molecule has 2 N–H and O–H groups in total. The van der Waals surface area contributed by atoms with Gasteiger partial charge in [0, 0.05) is 0 Å². The average Bonchev–Trinajstić information content (AvgIpc) is 2.44. The molecule has 2 aromatic carbocycles. The number of benzene rings is 2. The van der Waals surface area contributed by atoms with Crippen molar-refractivity contribution in [3.8, 4) is 0 Å². The second kappa shape index (κ2) is 6.68. The van der Waals surface area contributed by atoms with Crippen LogP contribution in [0, 0.1) is 0 Å². The van der Waals surface area contributed by atoms with Gasteiger partial charge in [0.25, 0.3) is 0 Å². The van der Waals surface area contributed by atoms with Gasteiger partial charge in [0.05, 0.1) is 4.90 Å². The highest BCUT2D eigenvalue weighted by atomic mass is 32.2. The maximum atomic E-state index is 11.1. The van der Waals surface area contributed by atoms with Gasteiger partial charge in [0.15, 0.2) is 0 Å². The van der Waals surface area contributed by atoms with Crippen molar-refractivity contribution < 1.29 is 8.42 Å². The maximum Gasteiger partial charge on any atom is 0.238 e. The van der Waals surface area contributed by atoms with Crippen LogP contribution in [0.2, 0.25) is 0 Å². The van der Waals surface area contributed by atoms with E-state index in [1.807, 2.05) is 18.2 Å². The Bertz CT molecular complexity index is 634. The van der Waals surface area contributed by atoms with Crippen molar-refractivity contribution in [1.82, 2.24) is 0 Å². The van der Waals surface area contributed by atoms with Gasteiger partial charge in [-0.3, -0.25) is 0 Å². The molecule has 3 nitrogen and oxygen atoms in total. The summed E-state index contributed by atoms with van der Waals surface area (Å²) in [4.78, 5) is 0.172. The van der Waals surface area contributed by atoms with Crippen LogP contribution in [-0.2, 0) is 22.9 Å². The summed E-state index contributed by atoms with van der Waals surface area (Å²) in [6.45, 7) is 0. The van der Waals surface area contributed by atoms with Gasteiger partial charge in [-0.25, -0.2) is 13.6 Å². The van der Waals surface area contributed by atoms with E-state index in [1.165, 1.54) is 5.56 Å². The van der Waals surface area contributed by atoms with Gasteiger partial charge in [-0.1, -0.05) is 42.5 Å². The Morgan fingerprint density at radius 3 is 1.75 bits per heavy atom. The molecule has 0 bridgehead atoms. The molecular weight excluding hydrogens is 270 g/mol. The minimum absolute atomic E-state index is 0.172. The fraction of sp³-hybridized carbons (Fsp3) is 0.250. The van der Waals surface area contributed by atoms with Gasteiger partial charge in [0.2, 0.25) is 10.0 Å². The quantitative estimate of drug-likeness (QED) is 0.831. The molecule has 4 heteroatoms. The summed E-state index contributed by atoms with van der Waals surface area (Å²) in [7, 11) is -3.58. The van der Waals surface area contributed by atoms with Crippen LogP contribution in [0.15, 0.2) is 59.5 Å². The van der Waals surface area contributed by atoms with Crippen LogP contribution >= 0.6 is 0 Å². The molecule has 20 heavy (non-hydrogen) atoms. The SMILES string of the molecule is NS(=O)(=O)c1ccc(CCCCc2ccccc2)cc1. The summed E-state index contributed by atoms with van der Waals surface area (Å²) < 4.78 is 22.3. The first kappa shape index (κ1) is 14.8. The lowest BCUT2D eigenvalue weighted by Gasteiger charge is -2.04. The molecule has 0 aromatic heterocycles. The van der Waals surface area contributed by atoms with Crippen molar-refractivity contribution in [3.05, 3.63) is 65.7 Å². The molecule has 0 heterocycles. The van der Waals surface area contributed by atoms with Crippen molar-refractivity contribution in [2.24, 2.45) is 5.14 Å². The summed E-state index contributed by atoms with van der Waals surface area (Å²) >= 11 is 0. The van der Waals surface area contributed by atoms with Crippen LogP contribution in [-0.4, -0.2) is 8.42 Å². The third kappa shape index (κ3) is 4.47. The van der Waals surface area contributed by atoms with E-state index >= 15 is 0 Å². The number of hydrogen-bond acceptors (Lipinski definition) is 2. The zero-order valence-electron chi connectivity index (χ0n) is 11.3. The number of sulfonamides is 1. The number of aryl methyl sites for hydroxylation is 2. The number of rotatable bonds is 6. The molecule has 0 atom stereocenters. The average molecular weight is 289 g/mol. The van der Waals surface area contributed by atoms with E-state index in [9.17, 15) is 8.42 Å². The molecule has 2 aromatic rings. The predicted octanol–water partition coefficient (Wildman–Crippen LogP) is 2.90. The van der Waals surface area contributed by atoms with Gasteiger partial charge in [-0.15, -0.1) is 0 Å². The topological polar surface area (TPSA) is 60.2 Å². The lowest BCUT2D eigenvalue weighted by atomic mass is 10.0. The van der Waals surface area contributed by atoms with Gasteiger partial charge < -0.3 is 0 Å². The van der Waals surface area contributed by atoms with Gasteiger partial charge in [-0.2, -0.15) is 0 Å². The lowest BCUT2D eigenvalue weighted by molar-refractivity contribution is 0.597. The zero-order chi connectivity index (χ0) is 14.4. The summed E-state index contributed by atoms with van der Waals surface area (Å²) in [5.41, 5.74) is 2.50. The monoisotopic (exact) mass is 289 g/mol. The first-order chi connectivity index (χ1) is 9.55. The molecule has 106 valence electrons. The summed E-state index contributed by atoms with van der Waals surface area (Å²) in [6, 6.07) is 17.2. The molecule has 0 radical (unpaired) electrons. The highest BCUT2D eigenvalue weighted by molar-refractivity contribution is 7.89. The van der Waals surface area contributed by atoms with Crippen LogP contribution < -0.4 is 5.14 Å². The van der Waals surface area contributed by atoms with E-state index in [0.717, 1.165) is 31.2 Å². The Morgan fingerprint density at radius 2 is 1.25 bits per heavy atom. The highest BCUT2D eigenvalue weighted by Gasteiger charge is 2.06. The maximum absolute atomic E-state index is 11.1. The van der Waals surface area contributed by atoms with Crippen LogP contribution in [0.1, 0.15) is 24.0 Å². The van der Waals surface area contributed by atoms with Crippen LogP contribution in [0.25, 0.3) is 0 Å². The first-order valence-corrected chi connectivity index (χ1v) is 8.26. The van der Waals surface area contributed by atoms with E-state index in [1.54, 1.807) is 12.1 Å². The molecule has 0 saturated carbocycles. The van der Waals surface area contributed by atoms with Crippen LogP contribution in [0.3, 0.4) is 0 Å². The van der Waals surface area contributed by atoms with E-state index in [4.69, 9.17) is 5.14 Å². The van der Waals surface area contributed by atoms with Crippen molar-refractivity contribution in [2.75, 3.05) is 0 Å². The third-order valence-electron chi connectivity index (χ3n) is 3.28. The molecule has 0 aliphatic rings. The van der Waals surface area contributed by atoms with Gasteiger partial charge in [-0.05, 0) is 48.9 Å². The Balaban J connectivity index is 1.80. The summed E-state index contributed by atoms with van der Waals surface area (Å²) in [5.74, 6) is 0. The molecule has 2 rings (SSSR count). The predicted molar refractivity (Wildman–Crippen MR) is 80.9 cm³/mol. The standard InChI is InChI=1S/C16H19NO2S/c17-20(18,19)16-12-10-15(11-13-16)9-5-4-8-14-6-2-1-3-7-14/h1-3,6-7,10-13H,4-5,8-9H2,(H2,17,18,19). The number of nitrogens with two attached hydrogens (primary N) is 1. The minimum atomic E-state index is -3.58. The van der Waals surface area contributed by atoms with E-state index in [2.05, 4.69) is 24.3 Å². The van der Waals surface area contributed by atoms with Crippen molar-refractivity contribution in [3.63, 3.8) is 0 Å². The van der Waals surface area contributed by atoms with Crippen LogP contribution in [0.4, 0.5) is 0 Å². The lowest BCUT2D eigenvalue weighted by Crippen LogP contribution is -2.11. The number of hydrogen-bond donors (Lipinski definition) is 1. The Hall–Kier alpha value is -1.65. The molecular formula is C16H19NO2S. The molecule has 0 amide bonds. The summed E-state index contributed by atoms with van der Waals surface area (Å²) in [5, 5.41) is 5.07. The van der Waals surface area contributed by atoms with E-state index in [-0.39, 0.29) is 4.90 Å². The number of primary sulfonamides is 1. The first-order valence-electron chi connectivity index (χ1n) is 6.71. The fourth-order valence-corrected chi connectivity index (χ4v) is 2.66. The molecule has 0 spiro atoms. The Morgan fingerprint density at radius 1 is 0.750 bits per heavy atom. The third-order valence-corrected chi connectivity index (χ3v) is 4.20. The van der Waals surface area contributed by atoms with Crippen LogP contribution in [0.5, 0.6) is 0 Å². The fourth-order valence-electron chi connectivity index (χ4n) is 2.15. The minimum Gasteiger partial charge on any atom is -0.225 e. The van der Waals surface area contributed by atoms with Crippen molar-refractivity contribution >= 4 is 10.0 Å². The second-order valence-corrected chi connectivity index (χ2v) is 6.44. The smallest absolute Gasteiger partial charge is 0.225 e. The highest BCUT2D eigenvalue weighted by Crippen LogP contribution is 2.12. The second-order valence-electron chi connectivity index (χ2n) is 4.88. The van der Waals surface area contributed by atoms with Crippen molar-refractivity contribution in [1.29, 1.82) is 0 Å². The molecule has 0 saturated heterocycles. The Labute approximate surface area is 120 Å². The molecule has 0 unspecified atom stereocenters. The largest absolute Gasteiger partial charge is 0.238 e. The van der Waals surface area contributed by atoms with E-state index in [0.29, 0.717) is 0 Å². The van der Waals surface area contributed by atoms with Crippen molar-refractivity contribution in [2.45, 2.75) is 30.6 Å². The Kier molecular flexibility index (Phi) is 4.93. The van der Waals surface area contributed by atoms with Gasteiger partial charge >= 0.3 is 0 Å². The van der Waals surface area contributed by atoms with E-state index < -0.39 is 10.0 Å². The molecule has 0 aliphatic carbocycles. The zero-order valence-corrected chi connectivity index (χ0v) is 12.1. The normalized spacial score (nSPS) is 11.4. The van der Waals surface area contributed by atoms with Gasteiger partial charge in [0.1, 0.15) is 0 Å². The molecule has 0 fully saturated rings. The summed E-state index contributed by atoms with van der Waals surface area (Å²) in [6.07, 6.45) is 4.25. The number of unbranched alkanes of at least 4 members (excludes halogenated alkanes) is 1.